The molecule has 0 bridgehead atoms. The number of carbonyl (C=O) groups is 1. The minimum atomic E-state index is -0.0774. The van der Waals surface area contributed by atoms with Crippen LogP contribution in [0.15, 0.2) is 73.1 Å². The Labute approximate surface area is 327 Å². The molecule has 56 heavy (non-hydrogen) atoms. The van der Waals surface area contributed by atoms with Crippen LogP contribution < -0.4 is 16.2 Å². The van der Waals surface area contributed by atoms with Gasteiger partial charge in [-0.25, -0.2) is 14.6 Å². The predicted molar refractivity (Wildman–Crippen MR) is 210 cm³/mol. The third-order valence-electron chi connectivity index (χ3n) is 8.65. The molecule has 2 aromatic heterocycles. The van der Waals surface area contributed by atoms with E-state index in [4.69, 9.17) is 54.5 Å². The number of para-hydroxylation sites is 1. The van der Waals surface area contributed by atoms with Crippen LogP contribution in [0.4, 0.5) is 5.82 Å². The molecule has 1 atom stereocenters. The molecule has 304 valence electrons. The van der Waals surface area contributed by atoms with Gasteiger partial charge in [0, 0.05) is 31.3 Å². The van der Waals surface area contributed by atoms with Crippen molar-refractivity contribution in [1.82, 2.24) is 24.6 Å². The monoisotopic (exact) mass is 777 g/mol. The highest BCUT2D eigenvalue weighted by Crippen LogP contribution is 2.35. The average Bonchev–Trinajstić information content (AvgIpc) is 3.63. The van der Waals surface area contributed by atoms with E-state index in [1.165, 1.54) is 6.33 Å². The number of anilines is 1. The van der Waals surface area contributed by atoms with Crippen molar-refractivity contribution >= 4 is 22.8 Å². The third-order valence-corrected chi connectivity index (χ3v) is 8.65. The van der Waals surface area contributed by atoms with Crippen LogP contribution in [0.2, 0.25) is 0 Å². The number of amides is 1. The molecule has 16 heteroatoms. The number of aromatic nitrogens is 4. The summed E-state index contributed by atoms with van der Waals surface area (Å²) in [5, 5.41) is 5.68. The summed E-state index contributed by atoms with van der Waals surface area (Å²) in [6.45, 7) is 8.32. The molecule has 1 amide bonds. The molecule has 3 heterocycles. The van der Waals surface area contributed by atoms with Gasteiger partial charge in [-0.15, -0.1) is 0 Å². The molecule has 5 rings (SSSR count). The lowest BCUT2D eigenvalue weighted by Crippen LogP contribution is -2.40. The quantitative estimate of drug-likeness (QED) is 0.0659. The van der Waals surface area contributed by atoms with E-state index in [0.717, 1.165) is 24.2 Å². The predicted octanol–water partition coefficient (Wildman–Crippen LogP) is 3.66. The van der Waals surface area contributed by atoms with E-state index < -0.39 is 0 Å². The number of rotatable bonds is 27. The lowest BCUT2D eigenvalue weighted by atomic mass is 10.1. The summed E-state index contributed by atoms with van der Waals surface area (Å²) in [5.74, 6) is 1.74. The number of benzene rings is 2. The molecule has 4 N–H and O–H groups in total. The third kappa shape index (κ3) is 14.2. The van der Waals surface area contributed by atoms with E-state index in [0.29, 0.717) is 140 Å². The highest BCUT2D eigenvalue weighted by Gasteiger charge is 2.28. The summed E-state index contributed by atoms with van der Waals surface area (Å²) in [6, 6.07) is 17.2. The molecule has 4 aromatic rings. The van der Waals surface area contributed by atoms with Crippen molar-refractivity contribution in [2.24, 2.45) is 5.73 Å². The van der Waals surface area contributed by atoms with Crippen LogP contribution in [0, 0.1) is 0 Å². The first kappa shape index (κ1) is 42.6. The van der Waals surface area contributed by atoms with Crippen LogP contribution in [0.3, 0.4) is 0 Å². The zero-order valence-corrected chi connectivity index (χ0v) is 32.0. The van der Waals surface area contributed by atoms with Crippen molar-refractivity contribution in [2.75, 3.05) is 118 Å². The minimum absolute atomic E-state index is 0.0751. The molecule has 0 spiro atoms. The number of nitrogens with zero attached hydrogens (tertiary/aromatic N) is 5. The van der Waals surface area contributed by atoms with Crippen molar-refractivity contribution < 1.29 is 42.7 Å². The maximum absolute atomic E-state index is 13.1. The molecule has 1 saturated heterocycles. The number of ether oxygens (including phenoxy) is 8. The molecule has 0 unspecified atom stereocenters. The number of piperidine rings is 1. The topological polar surface area (TPSA) is 190 Å². The fraction of sp³-hybridized carbons (Fsp3) is 0.500. The summed E-state index contributed by atoms with van der Waals surface area (Å²) >= 11 is 0. The van der Waals surface area contributed by atoms with Crippen LogP contribution in [-0.4, -0.2) is 143 Å². The van der Waals surface area contributed by atoms with Gasteiger partial charge in [-0.3, -0.25) is 4.79 Å². The highest BCUT2D eigenvalue weighted by atomic mass is 16.6. The van der Waals surface area contributed by atoms with Crippen molar-refractivity contribution in [3.63, 3.8) is 0 Å². The molecule has 1 fully saturated rings. The number of nitrogens with two attached hydrogens (primary N) is 2. The van der Waals surface area contributed by atoms with E-state index in [9.17, 15) is 4.79 Å². The Morgan fingerprint density at radius 1 is 0.732 bits per heavy atom. The van der Waals surface area contributed by atoms with Gasteiger partial charge in [-0.05, 0) is 49.2 Å². The molecule has 2 aromatic carbocycles. The van der Waals surface area contributed by atoms with Gasteiger partial charge in [-0.1, -0.05) is 24.3 Å². The van der Waals surface area contributed by atoms with Crippen LogP contribution in [0.25, 0.3) is 22.3 Å². The summed E-state index contributed by atoms with van der Waals surface area (Å²) in [7, 11) is 0. The fourth-order valence-electron chi connectivity index (χ4n) is 5.92. The standard InChI is InChI=1S/C40H55N7O9/c41-14-17-50-19-21-52-23-25-54-27-29-55-28-26-53-24-22-51-20-18-49-16-5-9-36(48)46-15-4-6-33(30-46)47-40-37(39(42)43-31-44-40)38(45-47)32-10-12-35(13-11-32)56-34-7-2-1-3-8-34/h1-3,5,7-13,31,33H,4,6,14-30,41H2,(H2,42,43,44)/b9-5+/t33-/m1/s1. The number of hydrogen-bond acceptors (Lipinski definition) is 14. The average molecular weight is 778 g/mol. The van der Waals surface area contributed by atoms with Gasteiger partial charge in [0.05, 0.1) is 104 Å². The number of likely N-dealkylation sites (tertiary alicyclic amines) is 1. The number of hydrogen-bond donors (Lipinski definition) is 2. The minimum Gasteiger partial charge on any atom is -0.457 e. The number of nitrogen functional groups attached to an aromatic ring is 1. The van der Waals surface area contributed by atoms with E-state index in [1.54, 1.807) is 12.2 Å². The van der Waals surface area contributed by atoms with Gasteiger partial charge in [0.25, 0.3) is 0 Å². The van der Waals surface area contributed by atoms with E-state index in [-0.39, 0.29) is 11.9 Å². The molecular formula is C40H55N7O9. The van der Waals surface area contributed by atoms with Gasteiger partial charge < -0.3 is 54.3 Å². The van der Waals surface area contributed by atoms with Crippen LogP contribution >= 0.6 is 0 Å². The van der Waals surface area contributed by atoms with Gasteiger partial charge in [-0.2, -0.15) is 5.10 Å². The van der Waals surface area contributed by atoms with Crippen LogP contribution in [-0.2, 0) is 38.0 Å². The second-order valence-electron chi connectivity index (χ2n) is 12.7. The number of carbonyl (C=O) groups excluding carboxylic acids is 1. The highest BCUT2D eigenvalue weighted by molar-refractivity contribution is 5.98. The van der Waals surface area contributed by atoms with Gasteiger partial charge in [0.2, 0.25) is 5.91 Å². The van der Waals surface area contributed by atoms with E-state index in [1.807, 2.05) is 64.2 Å². The molecule has 0 saturated carbocycles. The zero-order chi connectivity index (χ0) is 39.0. The molecule has 0 radical (unpaired) electrons. The fourth-order valence-corrected chi connectivity index (χ4v) is 5.92. The summed E-state index contributed by atoms with van der Waals surface area (Å²) in [6.07, 6.45) is 6.42. The Balaban J connectivity index is 0.938. The summed E-state index contributed by atoms with van der Waals surface area (Å²) in [5.41, 5.74) is 13.9. The smallest absolute Gasteiger partial charge is 0.246 e. The van der Waals surface area contributed by atoms with E-state index in [2.05, 4.69) is 9.97 Å². The lowest BCUT2D eigenvalue weighted by molar-refractivity contribution is -0.127. The lowest BCUT2D eigenvalue weighted by Gasteiger charge is -2.32. The Kier molecular flexibility index (Phi) is 18.9. The van der Waals surface area contributed by atoms with Crippen LogP contribution in [0.5, 0.6) is 11.5 Å². The molecule has 1 aliphatic rings. The van der Waals surface area contributed by atoms with E-state index >= 15 is 0 Å². The Bertz CT molecular complexity index is 1730. The normalized spacial score (nSPS) is 14.6. The first-order valence-corrected chi connectivity index (χ1v) is 19.2. The maximum atomic E-state index is 13.1. The van der Waals surface area contributed by atoms with Gasteiger partial charge >= 0.3 is 0 Å². The largest absolute Gasteiger partial charge is 0.457 e. The second kappa shape index (κ2) is 24.9. The molecular weight excluding hydrogens is 722 g/mol. The molecule has 0 aliphatic carbocycles. The molecule has 1 aliphatic heterocycles. The van der Waals surface area contributed by atoms with Gasteiger partial charge in [0.15, 0.2) is 5.65 Å². The first-order valence-electron chi connectivity index (χ1n) is 19.2. The Morgan fingerprint density at radius 2 is 1.30 bits per heavy atom. The van der Waals surface area contributed by atoms with Crippen molar-refractivity contribution in [3.8, 4) is 22.8 Å². The van der Waals surface area contributed by atoms with Crippen molar-refractivity contribution in [1.29, 1.82) is 0 Å². The SMILES string of the molecule is NCCOCCOCCOCCOCCOCCOCCOC/C=C/C(=O)N1CCC[C@@H](n2nc(-c3ccc(Oc4ccccc4)cc3)c3c(N)ncnc32)C1. The summed E-state index contributed by atoms with van der Waals surface area (Å²) < 4.78 is 46.1. The Morgan fingerprint density at radius 3 is 1.91 bits per heavy atom. The molecule has 16 nitrogen and oxygen atoms in total. The van der Waals surface area contributed by atoms with Crippen molar-refractivity contribution in [2.45, 2.75) is 18.9 Å². The van der Waals surface area contributed by atoms with Crippen LogP contribution in [0.1, 0.15) is 18.9 Å². The maximum Gasteiger partial charge on any atom is 0.246 e. The Hall–Kier alpha value is -4.52. The zero-order valence-electron chi connectivity index (χ0n) is 32.0. The van der Waals surface area contributed by atoms with Crippen molar-refractivity contribution in [3.05, 3.63) is 73.1 Å². The summed E-state index contributed by atoms with van der Waals surface area (Å²) in [4.78, 5) is 23.8. The second-order valence-corrected chi connectivity index (χ2v) is 12.7. The number of fused-ring (bicyclic) bond motifs is 1. The van der Waals surface area contributed by atoms with Gasteiger partial charge in [0.1, 0.15) is 29.3 Å². The first-order chi connectivity index (χ1) is 27.6.